The zero-order chi connectivity index (χ0) is 13.1. The highest BCUT2D eigenvalue weighted by Gasteiger charge is 2.11. The van der Waals surface area contributed by atoms with E-state index in [2.05, 4.69) is 23.9 Å². The Morgan fingerprint density at radius 2 is 2.11 bits per heavy atom. The van der Waals surface area contributed by atoms with E-state index >= 15 is 0 Å². The van der Waals surface area contributed by atoms with Gasteiger partial charge in [-0.25, -0.2) is 9.67 Å². The SMILES string of the molecule is CC(C)Cn1ncnc1Cn1cccc1C(C)O. The normalized spacial score (nSPS) is 13.2. The summed E-state index contributed by atoms with van der Waals surface area (Å²) in [6, 6.07) is 3.86. The lowest BCUT2D eigenvalue weighted by atomic mass is 10.2. The average Bonchev–Trinajstić information content (AvgIpc) is 2.88. The van der Waals surface area contributed by atoms with Gasteiger partial charge in [-0.05, 0) is 25.0 Å². The molecule has 1 atom stereocenters. The quantitative estimate of drug-likeness (QED) is 0.878. The Hall–Kier alpha value is -1.62. The van der Waals surface area contributed by atoms with Crippen LogP contribution in [0, 0.1) is 5.92 Å². The maximum Gasteiger partial charge on any atom is 0.146 e. The summed E-state index contributed by atoms with van der Waals surface area (Å²) in [4.78, 5) is 4.29. The molecule has 1 N–H and O–H groups in total. The van der Waals surface area contributed by atoms with Crippen molar-refractivity contribution in [3.8, 4) is 0 Å². The maximum absolute atomic E-state index is 9.67. The standard InChI is InChI=1S/C13H20N4O/c1-10(2)7-17-13(14-9-15-17)8-16-6-4-5-12(16)11(3)18/h4-6,9-11,18H,7-8H2,1-3H3. The molecule has 0 radical (unpaired) electrons. The first kappa shape index (κ1) is 12.8. The van der Waals surface area contributed by atoms with Crippen molar-refractivity contribution >= 4 is 0 Å². The molecule has 1 unspecified atom stereocenters. The molecule has 0 fully saturated rings. The van der Waals surface area contributed by atoms with Crippen molar-refractivity contribution in [3.05, 3.63) is 36.2 Å². The highest BCUT2D eigenvalue weighted by atomic mass is 16.3. The van der Waals surface area contributed by atoms with Crippen LogP contribution < -0.4 is 0 Å². The molecule has 0 amide bonds. The van der Waals surface area contributed by atoms with E-state index in [1.165, 1.54) is 0 Å². The third-order valence-electron chi connectivity index (χ3n) is 2.84. The Morgan fingerprint density at radius 3 is 2.78 bits per heavy atom. The number of aromatic nitrogens is 4. The fourth-order valence-corrected chi connectivity index (χ4v) is 2.01. The molecule has 5 nitrogen and oxygen atoms in total. The van der Waals surface area contributed by atoms with Crippen LogP contribution in [0.4, 0.5) is 0 Å². The fraction of sp³-hybridized carbons (Fsp3) is 0.538. The molecule has 0 saturated heterocycles. The summed E-state index contributed by atoms with van der Waals surface area (Å²) in [6.45, 7) is 7.58. The summed E-state index contributed by atoms with van der Waals surface area (Å²) in [7, 11) is 0. The van der Waals surface area contributed by atoms with Crippen molar-refractivity contribution in [2.45, 2.75) is 40.0 Å². The Bertz CT molecular complexity index is 499. The van der Waals surface area contributed by atoms with Crippen molar-refractivity contribution in [3.63, 3.8) is 0 Å². The Kier molecular flexibility index (Phi) is 3.81. The number of rotatable bonds is 5. The van der Waals surface area contributed by atoms with Crippen LogP contribution in [0.25, 0.3) is 0 Å². The largest absolute Gasteiger partial charge is 0.387 e. The summed E-state index contributed by atoms with van der Waals surface area (Å²) in [5, 5.41) is 13.9. The molecular weight excluding hydrogens is 228 g/mol. The highest BCUT2D eigenvalue weighted by Crippen LogP contribution is 2.14. The molecule has 2 heterocycles. The molecule has 0 aliphatic heterocycles. The minimum absolute atomic E-state index is 0.471. The zero-order valence-corrected chi connectivity index (χ0v) is 11.1. The smallest absolute Gasteiger partial charge is 0.146 e. The van der Waals surface area contributed by atoms with E-state index < -0.39 is 6.10 Å². The molecule has 98 valence electrons. The summed E-state index contributed by atoms with van der Waals surface area (Å²) in [6.07, 6.45) is 3.07. The van der Waals surface area contributed by atoms with Gasteiger partial charge in [0.1, 0.15) is 12.2 Å². The molecule has 2 aromatic rings. The monoisotopic (exact) mass is 248 g/mol. The first-order valence-corrected chi connectivity index (χ1v) is 6.27. The third kappa shape index (κ3) is 2.79. The van der Waals surface area contributed by atoms with Gasteiger partial charge < -0.3 is 9.67 Å². The van der Waals surface area contributed by atoms with Crippen LogP contribution >= 0.6 is 0 Å². The molecule has 0 saturated carbocycles. The predicted octanol–water partition coefficient (Wildman–Crippen LogP) is 1.84. The lowest BCUT2D eigenvalue weighted by molar-refractivity contribution is 0.189. The van der Waals surface area contributed by atoms with Gasteiger partial charge in [-0.15, -0.1) is 0 Å². The summed E-state index contributed by atoms with van der Waals surface area (Å²) in [5.41, 5.74) is 0.897. The van der Waals surface area contributed by atoms with Gasteiger partial charge in [0.05, 0.1) is 12.6 Å². The van der Waals surface area contributed by atoms with Gasteiger partial charge in [0.15, 0.2) is 0 Å². The number of aliphatic hydroxyl groups is 1. The zero-order valence-electron chi connectivity index (χ0n) is 11.1. The van der Waals surface area contributed by atoms with Crippen molar-refractivity contribution in [2.24, 2.45) is 5.92 Å². The van der Waals surface area contributed by atoms with E-state index in [-0.39, 0.29) is 0 Å². The topological polar surface area (TPSA) is 55.9 Å². The van der Waals surface area contributed by atoms with Crippen LogP contribution in [-0.4, -0.2) is 24.4 Å². The number of aliphatic hydroxyl groups excluding tert-OH is 1. The van der Waals surface area contributed by atoms with Crippen LogP contribution in [0.15, 0.2) is 24.7 Å². The minimum Gasteiger partial charge on any atom is -0.387 e. The molecule has 0 bridgehead atoms. The predicted molar refractivity (Wildman–Crippen MR) is 69.0 cm³/mol. The third-order valence-corrected chi connectivity index (χ3v) is 2.84. The van der Waals surface area contributed by atoms with E-state index in [0.29, 0.717) is 12.5 Å². The molecule has 2 aromatic heterocycles. The van der Waals surface area contributed by atoms with Crippen LogP contribution in [0.5, 0.6) is 0 Å². The van der Waals surface area contributed by atoms with Gasteiger partial charge in [-0.1, -0.05) is 13.8 Å². The van der Waals surface area contributed by atoms with Crippen LogP contribution in [0.3, 0.4) is 0 Å². The number of hydrogen-bond donors (Lipinski definition) is 1. The lowest BCUT2D eigenvalue weighted by Gasteiger charge is -2.12. The van der Waals surface area contributed by atoms with Crippen molar-refractivity contribution < 1.29 is 5.11 Å². The molecule has 0 aliphatic rings. The van der Waals surface area contributed by atoms with Gasteiger partial charge in [0.2, 0.25) is 0 Å². The van der Waals surface area contributed by atoms with Gasteiger partial charge in [0.25, 0.3) is 0 Å². The highest BCUT2D eigenvalue weighted by molar-refractivity contribution is 5.11. The van der Waals surface area contributed by atoms with Crippen molar-refractivity contribution in [1.82, 2.24) is 19.3 Å². The molecule has 2 rings (SSSR count). The second-order valence-electron chi connectivity index (χ2n) is 4.99. The van der Waals surface area contributed by atoms with E-state index in [1.807, 2.05) is 27.6 Å². The van der Waals surface area contributed by atoms with E-state index in [0.717, 1.165) is 18.1 Å². The Morgan fingerprint density at radius 1 is 1.33 bits per heavy atom. The lowest BCUT2D eigenvalue weighted by Crippen LogP contribution is -2.14. The fourth-order valence-electron chi connectivity index (χ4n) is 2.01. The van der Waals surface area contributed by atoms with E-state index in [1.54, 1.807) is 13.3 Å². The molecule has 0 spiro atoms. The second-order valence-corrected chi connectivity index (χ2v) is 4.99. The maximum atomic E-state index is 9.67. The van der Waals surface area contributed by atoms with Crippen molar-refractivity contribution in [1.29, 1.82) is 0 Å². The molecule has 18 heavy (non-hydrogen) atoms. The minimum atomic E-state index is -0.471. The summed E-state index contributed by atoms with van der Waals surface area (Å²) < 4.78 is 3.93. The average molecular weight is 248 g/mol. The van der Waals surface area contributed by atoms with E-state index in [9.17, 15) is 5.11 Å². The Balaban J connectivity index is 2.18. The van der Waals surface area contributed by atoms with Gasteiger partial charge in [0, 0.05) is 18.4 Å². The van der Waals surface area contributed by atoms with Gasteiger partial charge in [-0.2, -0.15) is 5.10 Å². The number of nitrogens with zero attached hydrogens (tertiary/aromatic N) is 4. The summed E-state index contributed by atoms with van der Waals surface area (Å²) >= 11 is 0. The Labute approximate surface area is 107 Å². The van der Waals surface area contributed by atoms with Crippen molar-refractivity contribution in [2.75, 3.05) is 0 Å². The summed E-state index contributed by atoms with van der Waals surface area (Å²) in [5.74, 6) is 1.45. The second kappa shape index (κ2) is 5.35. The van der Waals surface area contributed by atoms with Gasteiger partial charge >= 0.3 is 0 Å². The number of hydrogen-bond acceptors (Lipinski definition) is 3. The first-order chi connectivity index (χ1) is 8.58. The molecule has 0 aliphatic carbocycles. The molecule has 5 heteroatoms. The van der Waals surface area contributed by atoms with E-state index in [4.69, 9.17) is 0 Å². The first-order valence-electron chi connectivity index (χ1n) is 6.27. The molecule has 0 aromatic carbocycles. The molecular formula is C13H20N4O. The van der Waals surface area contributed by atoms with Gasteiger partial charge in [-0.3, -0.25) is 0 Å². The van der Waals surface area contributed by atoms with Crippen LogP contribution in [-0.2, 0) is 13.1 Å². The van der Waals surface area contributed by atoms with Crippen LogP contribution in [0.1, 0.15) is 38.4 Å². The van der Waals surface area contributed by atoms with Crippen LogP contribution in [0.2, 0.25) is 0 Å².